The van der Waals surface area contributed by atoms with Crippen LogP contribution in [0.4, 0.5) is 0 Å². The van der Waals surface area contributed by atoms with Crippen LogP contribution in [0.25, 0.3) is 10.9 Å². The lowest BCUT2D eigenvalue weighted by atomic mass is 9.74. The summed E-state index contributed by atoms with van der Waals surface area (Å²) in [5, 5.41) is 4.27. The van der Waals surface area contributed by atoms with Gasteiger partial charge in [-0.15, -0.1) is 0 Å². The number of methoxy groups -OCH3 is 3. The monoisotopic (exact) mass is 435 g/mol. The molecule has 0 radical (unpaired) electrons. The van der Waals surface area contributed by atoms with Gasteiger partial charge in [-0.3, -0.25) is 9.36 Å². The highest BCUT2D eigenvalue weighted by molar-refractivity contribution is 5.81. The van der Waals surface area contributed by atoms with Crippen molar-refractivity contribution in [2.45, 2.75) is 37.8 Å². The molecule has 1 N–H and O–H groups in total. The van der Waals surface area contributed by atoms with Gasteiger partial charge in [0.2, 0.25) is 0 Å². The Bertz CT molecular complexity index is 1210. The lowest BCUT2D eigenvalue weighted by Gasteiger charge is -2.31. The molecule has 3 atom stereocenters. The van der Waals surface area contributed by atoms with E-state index in [-0.39, 0.29) is 5.56 Å². The summed E-state index contributed by atoms with van der Waals surface area (Å²) in [6, 6.07) is 10.2. The molecule has 7 heteroatoms. The van der Waals surface area contributed by atoms with Crippen LogP contribution >= 0.6 is 0 Å². The lowest BCUT2D eigenvalue weighted by Crippen LogP contribution is -2.32. The average molecular weight is 436 g/mol. The van der Waals surface area contributed by atoms with E-state index in [1.54, 1.807) is 44.4 Å². The van der Waals surface area contributed by atoms with E-state index in [9.17, 15) is 4.79 Å². The van der Waals surface area contributed by atoms with Gasteiger partial charge in [-0.1, -0.05) is 12.1 Å². The van der Waals surface area contributed by atoms with Gasteiger partial charge in [0.05, 0.1) is 38.6 Å². The molecule has 1 saturated heterocycles. The summed E-state index contributed by atoms with van der Waals surface area (Å²) in [5.74, 6) is 3.18. The number of fused-ring (bicyclic) bond motifs is 4. The molecule has 0 spiro atoms. The maximum absolute atomic E-state index is 13.1. The molecule has 0 saturated carbocycles. The molecule has 1 fully saturated rings. The number of ether oxygens (including phenoxy) is 3. The number of nitrogens with zero attached hydrogens (tertiary/aromatic N) is 2. The Hall–Kier alpha value is -3.06. The summed E-state index contributed by atoms with van der Waals surface area (Å²) in [6.45, 7) is 1.60. The van der Waals surface area contributed by atoms with E-state index in [4.69, 9.17) is 14.2 Å². The van der Waals surface area contributed by atoms with E-state index in [0.717, 1.165) is 31.6 Å². The second kappa shape index (κ2) is 8.47. The summed E-state index contributed by atoms with van der Waals surface area (Å²) in [7, 11) is 4.89. The fourth-order valence-corrected chi connectivity index (χ4v) is 5.54. The number of aromatic nitrogens is 2. The van der Waals surface area contributed by atoms with Crippen molar-refractivity contribution in [2.24, 2.45) is 5.92 Å². The third-order valence-electron chi connectivity index (χ3n) is 7.16. The molecule has 2 heterocycles. The molecule has 2 aromatic carbocycles. The molecule has 1 aromatic heterocycles. The molecule has 1 unspecified atom stereocenters. The zero-order valence-corrected chi connectivity index (χ0v) is 18.8. The van der Waals surface area contributed by atoms with Gasteiger partial charge < -0.3 is 19.5 Å². The molecule has 1 aliphatic carbocycles. The molecular formula is C25H29N3O4. The Balaban J connectivity index is 1.35. The number of rotatable bonds is 6. The van der Waals surface area contributed by atoms with Gasteiger partial charge in [-0.05, 0) is 48.4 Å². The second-order valence-electron chi connectivity index (χ2n) is 8.61. The van der Waals surface area contributed by atoms with Crippen LogP contribution in [0.2, 0.25) is 0 Å². The molecule has 1 aliphatic heterocycles. The molecule has 7 nitrogen and oxygen atoms in total. The first kappa shape index (κ1) is 20.8. The first-order valence-electron chi connectivity index (χ1n) is 11.1. The van der Waals surface area contributed by atoms with Crippen LogP contribution in [0, 0.1) is 5.92 Å². The SMILES string of the molecule is COc1cc2ncn(CCC3NC[C@H]4c5cccc(OC)c5CC[C@H]34)c(=O)c2cc1OC. The third kappa shape index (κ3) is 3.41. The minimum atomic E-state index is -0.0516. The van der Waals surface area contributed by atoms with Crippen LogP contribution in [0.1, 0.15) is 29.9 Å². The predicted molar refractivity (Wildman–Crippen MR) is 123 cm³/mol. The first-order chi connectivity index (χ1) is 15.6. The van der Waals surface area contributed by atoms with E-state index in [1.807, 2.05) is 0 Å². The van der Waals surface area contributed by atoms with Crippen LogP contribution < -0.4 is 25.1 Å². The van der Waals surface area contributed by atoms with Crippen molar-refractivity contribution in [1.29, 1.82) is 0 Å². The smallest absolute Gasteiger partial charge is 0.261 e. The highest BCUT2D eigenvalue weighted by Gasteiger charge is 2.40. The minimum Gasteiger partial charge on any atom is -0.496 e. The van der Waals surface area contributed by atoms with Gasteiger partial charge >= 0.3 is 0 Å². The van der Waals surface area contributed by atoms with E-state index in [0.29, 0.717) is 46.8 Å². The van der Waals surface area contributed by atoms with E-state index < -0.39 is 0 Å². The Morgan fingerprint density at radius 2 is 1.88 bits per heavy atom. The van der Waals surface area contributed by atoms with Gasteiger partial charge in [-0.25, -0.2) is 4.98 Å². The number of nitrogens with one attached hydrogen (secondary N) is 1. The van der Waals surface area contributed by atoms with Gasteiger partial charge in [-0.2, -0.15) is 0 Å². The van der Waals surface area contributed by atoms with E-state index >= 15 is 0 Å². The number of aryl methyl sites for hydroxylation is 1. The zero-order chi connectivity index (χ0) is 22.2. The quantitative estimate of drug-likeness (QED) is 0.641. The van der Waals surface area contributed by atoms with Crippen LogP contribution in [0.3, 0.4) is 0 Å². The Morgan fingerprint density at radius 3 is 2.66 bits per heavy atom. The summed E-state index contributed by atoms with van der Waals surface area (Å²) >= 11 is 0. The van der Waals surface area contributed by atoms with E-state index in [1.165, 1.54) is 11.1 Å². The van der Waals surface area contributed by atoms with Crippen LogP contribution in [0.5, 0.6) is 17.2 Å². The number of hydrogen-bond donors (Lipinski definition) is 1. The van der Waals surface area contributed by atoms with Crippen LogP contribution in [0.15, 0.2) is 41.5 Å². The molecule has 0 bridgehead atoms. The van der Waals surface area contributed by atoms with Crippen molar-refractivity contribution in [2.75, 3.05) is 27.9 Å². The second-order valence-corrected chi connectivity index (χ2v) is 8.61. The minimum absolute atomic E-state index is 0.0516. The molecule has 32 heavy (non-hydrogen) atoms. The maximum Gasteiger partial charge on any atom is 0.261 e. The average Bonchev–Trinajstić information content (AvgIpc) is 3.26. The summed E-state index contributed by atoms with van der Waals surface area (Å²) in [4.78, 5) is 17.6. The van der Waals surface area contributed by atoms with Crippen molar-refractivity contribution in [3.8, 4) is 17.2 Å². The van der Waals surface area contributed by atoms with Gasteiger partial charge in [0.1, 0.15) is 5.75 Å². The topological polar surface area (TPSA) is 74.6 Å². The summed E-state index contributed by atoms with van der Waals surface area (Å²) < 4.78 is 18.0. The Kier molecular flexibility index (Phi) is 5.51. The third-order valence-corrected chi connectivity index (χ3v) is 7.16. The fourth-order valence-electron chi connectivity index (χ4n) is 5.54. The van der Waals surface area contributed by atoms with Crippen LogP contribution in [-0.2, 0) is 13.0 Å². The van der Waals surface area contributed by atoms with Crippen molar-refractivity contribution >= 4 is 10.9 Å². The summed E-state index contributed by atoms with van der Waals surface area (Å²) in [6.07, 6.45) is 4.71. The summed E-state index contributed by atoms with van der Waals surface area (Å²) in [5.41, 5.74) is 3.34. The first-order valence-corrected chi connectivity index (χ1v) is 11.1. The van der Waals surface area contributed by atoms with Crippen molar-refractivity contribution in [3.05, 3.63) is 58.1 Å². The molecule has 5 rings (SSSR count). The fraction of sp³-hybridized carbons (Fsp3) is 0.440. The molecule has 0 amide bonds. The van der Waals surface area contributed by atoms with Crippen molar-refractivity contribution in [3.63, 3.8) is 0 Å². The Morgan fingerprint density at radius 1 is 1.09 bits per heavy atom. The molecule has 168 valence electrons. The largest absolute Gasteiger partial charge is 0.496 e. The van der Waals surface area contributed by atoms with Crippen molar-refractivity contribution < 1.29 is 14.2 Å². The normalized spacial score (nSPS) is 21.8. The molecule has 2 aliphatic rings. The van der Waals surface area contributed by atoms with Crippen molar-refractivity contribution in [1.82, 2.24) is 14.9 Å². The maximum atomic E-state index is 13.1. The molecule has 3 aromatic rings. The molecular weight excluding hydrogens is 406 g/mol. The standard InChI is InChI=1S/C25H29N3O4/c1-30-22-6-4-5-15-17(22)8-7-16-19(15)13-26-20(16)9-10-28-14-27-21-12-24(32-3)23(31-2)11-18(21)25(28)29/h4-6,11-12,14,16,19-20,26H,7-10,13H2,1-3H3/t16-,19-,20?/m0/s1. The zero-order valence-electron chi connectivity index (χ0n) is 18.8. The predicted octanol–water partition coefficient (Wildman–Crippen LogP) is 3.13. The van der Waals surface area contributed by atoms with Gasteiger partial charge in [0.15, 0.2) is 11.5 Å². The highest BCUT2D eigenvalue weighted by atomic mass is 16.5. The number of hydrogen-bond acceptors (Lipinski definition) is 6. The lowest BCUT2D eigenvalue weighted by molar-refractivity contribution is 0.338. The Labute approximate surface area is 187 Å². The van der Waals surface area contributed by atoms with Gasteiger partial charge in [0, 0.05) is 31.1 Å². The van der Waals surface area contributed by atoms with Crippen LogP contribution in [-0.4, -0.2) is 43.5 Å². The highest BCUT2D eigenvalue weighted by Crippen LogP contribution is 2.44. The van der Waals surface area contributed by atoms with Gasteiger partial charge in [0.25, 0.3) is 5.56 Å². The number of benzene rings is 2. The van der Waals surface area contributed by atoms with E-state index in [2.05, 4.69) is 28.5 Å².